The summed E-state index contributed by atoms with van der Waals surface area (Å²) >= 11 is 5.73. The number of carboxylic acids is 1. The first-order valence-corrected chi connectivity index (χ1v) is 6.64. The van der Waals surface area contributed by atoms with Crippen LogP contribution in [0.1, 0.15) is 21.5 Å². The summed E-state index contributed by atoms with van der Waals surface area (Å²) in [7, 11) is 0. The molecule has 0 atom stereocenters. The molecule has 2 N–H and O–H groups in total. The molecule has 0 aliphatic heterocycles. The van der Waals surface area contributed by atoms with Crippen LogP contribution in [-0.2, 0) is 6.18 Å². The molecule has 0 spiro atoms. The number of carboxylic acid groups (broad SMARTS) is 1. The molecule has 0 saturated heterocycles. The van der Waals surface area contributed by atoms with Crippen molar-refractivity contribution in [2.24, 2.45) is 5.10 Å². The van der Waals surface area contributed by atoms with Gasteiger partial charge in [0.15, 0.2) is 0 Å². The van der Waals surface area contributed by atoms with Crippen LogP contribution in [0.5, 0.6) is 0 Å². The Kier molecular flexibility index (Phi) is 4.90. The maximum absolute atomic E-state index is 12.4. The highest BCUT2D eigenvalue weighted by Crippen LogP contribution is 2.28. The minimum atomic E-state index is -4.38. The fourth-order valence-corrected chi connectivity index (χ4v) is 1.90. The van der Waals surface area contributed by atoms with Gasteiger partial charge in [0.25, 0.3) is 0 Å². The zero-order valence-corrected chi connectivity index (χ0v) is 12.2. The molecule has 0 unspecified atom stereocenters. The van der Waals surface area contributed by atoms with E-state index >= 15 is 0 Å². The molecule has 4 nitrogen and oxygen atoms in total. The molecule has 23 heavy (non-hydrogen) atoms. The van der Waals surface area contributed by atoms with Crippen molar-refractivity contribution in [2.45, 2.75) is 6.18 Å². The molecule has 120 valence electrons. The molecule has 8 heteroatoms. The second kappa shape index (κ2) is 6.70. The molecule has 0 fully saturated rings. The molecule has 0 radical (unpaired) electrons. The van der Waals surface area contributed by atoms with Gasteiger partial charge < -0.3 is 5.11 Å². The number of aromatic carboxylic acids is 1. The molecule has 2 aromatic rings. The molecule has 0 saturated carbocycles. The van der Waals surface area contributed by atoms with Crippen molar-refractivity contribution in [3.05, 3.63) is 64.2 Å². The summed E-state index contributed by atoms with van der Waals surface area (Å²) in [5, 5.41) is 12.9. The van der Waals surface area contributed by atoms with E-state index in [-0.39, 0.29) is 10.6 Å². The van der Waals surface area contributed by atoms with Gasteiger partial charge in [0.1, 0.15) is 0 Å². The molecular weight excluding hydrogens is 333 g/mol. The van der Waals surface area contributed by atoms with E-state index in [2.05, 4.69) is 10.5 Å². The van der Waals surface area contributed by atoms with Crippen LogP contribution < -0.4 is 5.43 Å². The van der Waals surface area contributed by atoms with Crippen LogP contribution >= 0.6 is 11.6 Å². The Bertz CT molecular complexity index is 743. The fraction of sp³-hybridized carbons (Fsp3) is 0.0667. The molecule has 0 heterocycles. The van der Waals surface area contributed by atoms with Gasteiger partial charge in [-0.05, 0) is 35.9 Å². The SMILES string of the molecule is O=C(O)c1cc(NN=Cc2ccc(C(F)(F)F)cc2)ccc1Cl. The Hall–Kier alpha value is -2.54. The molecule has 0 aliphatic carbocycles. The van der Waals surface area contributed by atoms with Gasteiger partial charge in [-0.25, -0.2) is 4.79 Å². The predicted octanol–water partition coefficient (Wildman–Crippen LogP) is 4.50. The molecule has 2 aromatic carbocycles. The quantitative estimate of drug-likeness (QED) is 0.635. The summed E-state index contributed by atoms with van der Waals surface area (Å²) in [4.78, 5) is 10.9. The lowest BCUT2D eigenvalue weighted by Crippen LogP contribution is -2.04. The van der Waals surface area contributed by atoms with E-state index in [0.29, 0.717) is 11.3 Å². The van der Waals surface area contributed by atoms with Crippen molar-refractivity contribution in [3.63, 3.8) is 0 Å². The van der Waals surface area contributed by atoms with Crippen LogP contribution in [0.4, 0.5) is 18.9 Å². The van der Waals surface area contributed by atoms with Crippen molar-refractivity contribution in [3.8, 4) is 0 Å². The molecule has 0 aliphatic rings. The van der Waals surface area contributed by atoms with Gasteiger partial charge in [0.05, 0.1) is 28.1 Å². The van der Waals surface area contributed by atoms with E-state index in [4.69, 9.17) is 16.7 Å². The Morgan fingerprint density at radius 2 is 1.83 bits per heavy atom. The summed E-state index contributed by atoms with van der Waals surface area (Å²) < 4.78 is 37.3. The van der Waals surface area contributed by atoms with Gasteiger partial charge in [0, 0.05) is 0 Å². The van der Waals surface area contributed by atoms with Crippen molar-refractivity contribution in [1.29, 1.82) is 0 Å². The van der Waals surface area contributed by atoms with E-state index in [1.165, 1.54) is 36.5 Å². The lowest BCUT2D eigenvalue weighted by atomic mass is 10.1. The van der Waals surface area contributed by atoms with Crippen LogP contribution in [-0.4, -0.2) is 17.3 Å². The zero-order valence-electron chi connectivity index (χ0n) is 11.4. The second-order valence-electron chi connectivity index (χ2n) is 4.49. The second-order valence-corrected chi connectivity index (χ2v) is 4.90. The average molecular weight is 343 g/mol. The number of benzene rings is 2. The van der Waals surface area contributed by atoms with Crippen LogP contribution in [0.2, 0.25) is 5.02 Å². The number of anilines is 1. The smallest absolute Gasteiger partial charge is 0.416 e. The van der Waals surface area contributed by atoms with Gasteiger partial charge in [-0.3, -0.25) is 5.43 Å². The highest BCUT2D eigenvalue weighted by molar-refractivity contribution is 6.33. The zero-order chi connectivity index (χ0) is 17.0. The standard InChI is InChI=1S/C15H10ClF3N2O2/c16-13-6-5-11(7-12(13)14(22)23)21-20-8-9-1-3-10(4-2-9)15(17,18)19/h1-8,21H,(H,22,23). The van der Waals surface area contributed by atoms with E-state index in [1.807, 2.05) is 0 Å². The molecular formula is C15H10ClF3N2O2. The largest absolute Gasteiger partial charge is 0.478 e. The topological polar surface area (TPSA) is 61.7 Å². The third-order valence-corrected chi connectivity index (χ3v) is 3.17. The lowest BCUT2D eigenvalue weighted by Gasteiger charge is -2.06. The third kappa shape index (κ3) is 4.46. The van der Waals surface area contributed by atoms with Crippen molar-refractivity contribution >= 4 is 29.5 Å². The first kappa shape index (κ1) is 16.8. The summed E-state index contributed by atoms with van der Waals surface area (Å²) in [6, 6.07) is 8.68. The molecule has 0 aromatic heterocycles. The Morgan fingerprint density at radius 1 is 1.17 bits per heavy atom. The van der Waals surface area contributed by atoms with Gasteiger partial charge in [-0.1, -0.05) is 23.7 Å². The Labute approximate surface area is 134 Å². The highest BCUT2D eigenvalue weighted by Gasteiger charge is 2.29. The predicted molar refractivity (Wildman–Crippen MR) is 81.1 cm³/mol. The number of rotatable bonds is 4. The number of nitrogens with zero attached hydrogens (tertiary/aromatic N) is 1. The molecule has 2 rings (SSSR count). The summed E-state index contributed by atoms with van der Waals surface area (Å²) in [5.74, 6) is -1.18. The van der Waals surface area contributed by atoms with Crippen LogP contribution in [0.3, 0.4) is 0 Å². The molecule has 0 amide bonds. The van der Waals surface area contributed by atoms with Gasteiger partial charge in [-0.15, -0.1) is 0 Å². The number of nitrogens with one attached hydrogen (secondary N) is 1. The summed E-state index contributed by atoms with van der Waals surface area (Å²) in [5.41, 5.74) is 2.60. The Balaban J connectivity index is 2.07. The number of halogens is 4. The summed E-state index contributed by atoms with van der Waals surface area (Å²) in [6.45, 7) is 0. The van der Waals surface area contributed by atoms with Gasteiger partial charge in [-0.2, -0.15) is 18.3 Å². The minimum absolute atomic E-state index is 0.0820. The maximum atomic E-state index is 12.4. The number of hydrogen-bond acceptors (Lipinski definition) is 3. The number of hydrogen-bond donors (Lipinski definition) is 2. The van der Waals surface area contributed by atoms with E-state index in [1.54, 1.807) is 0 Å². The van der Waals surface area contributed by atoms with Crippen molar-refractivity contribution in [1.82, 2.24) is 0 Å². The van der Waals surface area contributed by atoms with Crippen LogP contribution in [0.15, 0.2) is 47.6 Å². The van der Waals surface area contributed by atoms with Gasteiger partial charge in [0.2, 0.25) is 0 Å². The lowest BCUT2D eigenvalue weighted by molar-refractivity contribution is -0.137. The van der Waals surface area contributed by atoms with Crippen molar-refractivity contribution in [2.75, 3.05) is 5.43 Å². The fourth-order valence-electron chi connectivity index (χ4n) is 1.70. The van der Waals surface area contributed by atoms with E-state index in [0.717, 1.165) is 12.1 Å². The molecule has 0 bridgehead atoms. The van der Waals surface area contributed by atoms with E-state index < -0.39 is 17.7 Å². The Morgan fingerprint density at radius 3 is 2.39 bits per heavy atom. The number of hydrazone groups is 1. The average Bonchev–Trinajstić information content (AvgIpc) is 2.48. The third-order valence-electron chi connectivity index (χ3n) is 2.84. The normalized spacial score (nSPS) is 11.7. The number of carbonyl (C=O) groups is 1. The van der Waals surface area contributed by atoms with Crippen LogP contribution in [0, 0.1) is 0 Å². The maximum Gasteiger partial charge on any atom is 0.416 e. The first-order valence-electron chi connectivity index (χ1n) is 6.26. The minimum Gasteiger partial charge on any atom is -0.478 e. The van der Waals surface area contributed by atoms with Crippen LogP contribution in [0.25, 0.3) is 0 Å². The monoisotopic (exact) mass is 342 g/mol. The highest BCUT2D eigenvalue weighted by atomic mass is 35.5. The van der Waals surface area contributed by atoms with Gasteiger partial charge >= 0.3 is 12.1 Å². The van der Waals surface area contributed by atoms with E-state index in [9.17, 15) is 18.0 Å². The van der Waals surface area contributed by atoms with Crippen molar-refractivity contribution < 1.29 is 23.1 Å². The first-order chi connectivity index (χ1) is 10.8. The number of alkyl halides is 3. The summed E-state index contributed by atoms with van der Waals surface area (Å²) in [6.07, 6.45) is -3.07.